The van der Waals surface area contributed by atoms with Gasteiger partial charge in [0.15, 0.2) is 0 Å². The van der Waals surface area contributed by atoms with Crippen LogP contribution in [-0.4, -0.2) is 123 Å². The third kappa shape index (κ3) is 11.8. The fourth-order valence-corrected chi connectivity index (χ4v) is 7.40. The number of benzene rings is 2. The smallest absolute Gasteiger partial charge is 0.407 e. The van der Waals surface area contributed by atoms with Crippen LogP contribution in [0, 0.1) is 20.2 Å². The van der Waals surface area contributed by atoms with E-state index in [4.69, 9.17) is 29.4 Å². The van der Waals surface area contributed by atoms with E-state index in [0.717, 1.165) is 0 Å². The summed E-state index contributed by atoms with van der Waals surface area (Å²) in [4.78, 5) is 59.0. The average Bonchev–Trinajstić information content (AvgIpc) is 3.20. The summed E-state index contributed by atoms with van der Waals surface area (Å²) in [5.41, 5.74) is 5.95. The molecule has 0 spiro atoms. The van der Waals surface area contributed by atoms with E-state index in [-0.39, 0.29) is 68.5 Å². The molecule has 0 unspecified atom stereocenters. The van der Waals surface area contributed by atoms with Gasteiger partial charge in [0.2, 0.25) is 12.2 Å². The van der Waals surface area contributed by atoms with Crippen molar-refractivity contribution in [2.75, 3.05) is 13.6 Å². The third-order valence-corrected chi connectivity index (χ3v) is 10.6. The van der Waals surface area contributed by atoms with Gasteiger partial charge < -0.3 is 66.0 Å². The topological polar surface area (TPSA) is 318 Å². The summed E-state index contributed by atoms with van der Waals surface area (Å²) in [6.45, 7) is 2.34. The van der Waals surface area contributed by atoms with Gasteiger partial charge >= 0.3 is 12.2 Å². The van der Waals surface area contributed by atoms with Crippen molar-refractivity contribution in [3.63, 3.8) is 0 Å². The first-order chi connectivity index (χ1) is 28.4. The molecule has 3 amide bonds. The monoisotopic (exact) mass is 845 g/mol. The zero-order valence-electron chi connectivity index (χ0n) is 33.1. The molecule has 2 aromatic carbocycles. The Morgan fingerprint density at radius 1 is 0.883 bits per heavy atom. The first kappa shape index (κ1) is 45.6. The van der Waals surface area contributed by atoms with Crippen LogP contribution in [0.1, 0.15) is 50.7 Å². The number of non-ortho nitro benzene ring substituents is 2. The summed E-state index contributed by atoms with van der Waals surface area (Å²) >= 11 is 0. The number of likely N-dealkylation sites (N-methyl/N-ethyl adjacent to an activating group) is 1. The molecule has 22 nitrogen and oxygen atoms in total. The molecule has 0 saturated heterocycles. The predicted molar refractivity (Wildman–Crippen MR) is 208 cm³/mol. The van der Waals surface area contributed by atoms with Gasteiger partial charge in [0.1, 0.15) is 37.3 Å². The van der Waals surface area contributed by atoms with E-state index < -0.39 is 88.6 Å². The molecular formula is C38H51N7O15. The molecular weight excluding hydrogens is 794 g/mol. The number of nitrogens with one attached hydrogen (secondary N) is 4. The van der Waals surface area contributed by atoms with Gasteiger partial charge in [-0.15, -0.1) is 0 Å². The van der Waals surface area contributed by atoms with Crippen LogP contribution in [-0.2, 0) is 41.7 Å². The lowest BCUT2D eigenvalue weighted by molar-refractivity contribution is -0.385. The minimum atomic E-state index is -1.61. The average molecular weight is 846 g/mol. The third-order valence-electron chi connectivity index (χ3n) is 10.6. The molecule has 0 radical (unpaired) electrons. The van der Waals surface area contributed by atoms with Crippen LogP contribution in [0.5, 0.6) is 0 Å². The van der Waals surface area contributed by atoms with E-state index >= 15 is 0 Å². The van der Waals surface area contributed by atoms with Crippen LogP contribution in [0.2, 0.25) is 0 Å². The van der Waals surface area contributed by atoms with E-state index in [1.807, 2.05) is 0 Å². The number of hydrogen-bond acceptors (Lipinski definition) is 17. The highest BCUT2D eigenvalue weighted by atomic mass is 16.7. The second-order valence-electron chi connectivity index (χ2n) is 15.1. The number of aliphatic hydroxyl groups is 3. The molecule has 2 aliphatic carbocycles. The van der Waals surface area contributed by atoms with Gasteiger partial charge in [-0.25, -0.2) is 9.59 Å². The number of aliphatic hydroxyl groups excluding tert-OH is 2. The van der Waals surface area contributed by atoms with Gasteiger partial charge in [0.25, 0.3) is 11.4 Å². The van der Waals surface area contributed by atoms with E-state index in [1.54, 1.807) is 20.0 Å². The molecule has 0 bridgehead atoms. The molecule has 22 heteroatoms. The lowest BCUT2D eigenvalue weighted by Crippen LogP contribution is -2.68. The number of carbonyl (C=O) groups excluding carboxylic acids is 3. The fraction of sp³-hybridized carbons (Fsp3) is 0.553. The maximum absolute atomic E-state index is 13.2. The van der Waals surface area contributed by atoms with Gasteiger partial charge in [0, 0.05) is 37.2 Å². The number of alkyl carbamates (subject to hydrolysis) is 2. The Kier molecular flexibility index (Phi) is 15.3. The highest BCUT2D eigenvalue weighted by Crippen LogP contribution is 2.35. The van der Waals surface area contributed by atoms with E-state index in [2.05, 4.69) is 21.3 Å². The predicted octanol–water partition coefficient (Wildman–Crippen LogP) is 0.884. The number of rotatable bonds is 15. The highest BCUT2D eigenvalue weighted by Gasteiger charge is 2.51. The zero-order chi connectivity index (χ0) is 43.7. The number of hydrogen-bond donors (Lipinski definition) is 8. The number of nitrogens with two attached hydrogens (primary N) is 1. The van der Waals surface area contributed by atoms with Gasteiger partial charge in [-0.1, -0.05) is 0 Å². The van der Waals surface area contributed by atoms with E-state index in [0.29, 0.717) is 11.1 Å². The van der Waals surface area contributed by atoms with Gasteiger partial charge in [-0.05, 0) is 81.1 Å². The molecule has 2 saturated carbocycles. The van der Waals surface area contributed by atoms with Crippen LogP contribution in [0.3, 0.4) is 0 Å². The van der Waals surface area contributed by atoms with Crippen LogP contribution >= 0.6 is 0 Å². The molecule has 2 fully saturated rings. The van der Waals surface area contributed by atoms with Crippen LogP contribution in [0.25, 0.3) is 0 Å². The van der Waals surface area contributed by atoms with Crippen molar-refractivity contribution in [2.24, 2.45) is 5.73 Å². The maximum Gasteiger partial charge on any atom is 0.407 e. The summed E-state index contributed by atoms with van der Waals surface area (Å²) in [5, 5.41) is 67.0. The van der Waals surface area contributed by atoms with Gasteiger partial charge in [-0.2, -0.15) is 0 Å². The normalized spacial score (nSPS) is 30.1. The van der Waals surface area contributed by atoms with Crippen LogP contribution < -0.4 is 27.0 Å². The Morgan fingerprint density at radius 2 is 1.43 bits per heavy atom. The number of nitrogens with zero attached hydrogens (tertiary/aromatic N) is 2. The van der Waals surface area contributed by atoms with E-state index in [1.165, 1.54) is 55.5 Å². The first-order valence-electron chi connectivity index (χ1n) is 19.2. The Bertz CT molecular complexity index is 1870. The summed E-state index contributed by atoms with van der Waals surface area (Å²) in [5.74, 6) is -0.100. The number of nitro groups is 2. The quantitative estimate of drug-likeness (QED) is 0.0911. The van der Waals surface area contributed by atoms with Crippen molar-refractivity contribution in [1.82, 2.24) is 21.3 Å². The van der Waals surface area contributed by atoms with Crippen molar-refractivity contribution in [2.45, 2.75) is 119 Å². The number of carbonyl (C=O) groups is 3. The summed E-state index contributed by atoms with van der Waals surface area (Å²) in [6.07, 6.45) is -7.44. The Morgan fingerprint density at radius 3 is 1.95 bits per heavy atom. The van der Waals surface area contributed by atoms with Gasteiger partial charge in [-0.3, -0.25) is 25.0 Å². The zero-order valence-corrected chi connectivity index (χ0v) is 33.1. The minimum Gasteiger partial charge on any atom is -0.465 e. The van der Waals surface area contributed by atoms with Crippen LogP contribution in [0.15, 0.2) is 60.4 Å². The number of nitro benzene ring substituents is 2. The lowest BCUT2D eigenvalue weighted by Gasteiger charge is -2.49. The number of amides is 3. The van der Waals surface area contributed by atoms with Crippen molar-refractivity contribution < 1.29 is 63.2 Å². The van der Waals surface area contributed by atoms with Crippen molar-refractivity contribution in [3.05, 3.63) is 91.7 Å². The molecule has 9 N–H and O–H groups in total. The fourth-order valence-electron chi connectivity index (χ4n) is 7.40. The van der Waals surface area contributed by atoms with Crippen LogP contribution in [0.4, 0.5) is 21.0 Å². The van der Waals surface area contributed by atoms with Crippen molar-refractivity contribution in [3.8, 4) is 0 Å². The molecule has 11 atom stereocenters. The lowest BCUT2D eigenvalue weighted by atomic mass is 9.77. The minimum absolute atomic E-state index is 0.0526. The molecule has 3 aliphatic rings. The van der Waals surface area contributed by atoms with E-state index in [9.17, 15) is 49.9 Å². The molecule has 0 aromatic heterocycles. The largest absolute Gasteiger partial charge is 0.465 e. The Balaban J connectivity index is 1.36. The maximum atomic E-state index is 13.2. The second kappa shape index (κ2) is 20.2. The number of ether oxygens (including phenoxy) is 5. The van der Waals surface area contributed by atoms with Crippen molar-refractivity contribution in [1.29, 1.82) is 0 Å². The standard InChI is InChI=1S/C38H51N7O15/c1-20(46)41-17-25-12-13-27(42-36(49)56-18-21-4-8-23(9-5-21)44(52)53)35(58-25)60-33-28(43-37(50)57-19-22-6-10-24(11-7-22)45(54)55)16-26(39)32(31(33)48)59-29-14-15-38(2,51)34(40-3)30(29)47/h4-12,26-35,40,47-48,51H,13-19,39H2,1-3H3,(H,41,46)(H,42,49)(H,43,50)/t26-,27-,28+,29+,30+,31-,32+,33-,34-,35-,38+/m1/s1. The second-order valence-corrected chi connectivity index (χ2v) is 15.1. The van der Waals surface area contributed by atoms with Crippen molar-refractivity contribution >= 4 is 29.5 Å². The molecule has 1 aliphatic heterocycles. The summed E-state index contributed by atoms with van der Waals surface area (Å²) in [6, 6.07) is 6.98. The first-order valence-corrected chi connectivity index (χ1v) is 19.2. The van der Waals surface area contributed by atoms with Gasteiger partial charge in [0.05, 0.1) is 52.3 Å². The highest BCUT2D eigenvalue weighted by molar-refractivity contribution is 5.73. The molecule has 5 rings (SSSR count). The summed E-state index contributed by atoms with van der Waals surface area (Å²) < 4.78 is 29.6. The molecule has 60 heavy (non-hydrogen) atoms. The Labute approximate surface area is 344 Å². The Hall–Kier alpha value is -5.49. The molecule has 328 valence electrons. The molecule has 1 heterocycles. The SMILES string of the molecule is CN[C@@H]1[C@@H](O)[C@@H](O[C@@H]2[C@@H](O)[C@H](O[C@H]3OC(CNC(C)=O)=CC[C@H]3NC(=O)OCc3ccc([N+](=O)[O-])cc3)[C@@H](NC(=O)OCc3ccc([N+](=O)[O-])cc3)C[C@H]2N)CC[C@]1(C)O. The molecule has 2 aromatic rings. The summed E-state index contributed by atoms with van der Waals surface area (Å²) in [7, 11) is 1.58.